The van der Waals surface area contributed by atoms with Crippen molar-refractivity contribution in [1.29, 1.82) is 0 Å². The molecule has 4 heteroatoms. The summed E-state index contributed by atoms with van der Waals surface area (Å²) in [4.78, 5) is 2.59. The molecule has 3 unspecified atom stereocenters. The number of fused-ring (bicyclic) bond motifs is 1. The lowest BCUT2D eigenvalue weighted by atomic mass is 9.93. The van der Waals surface area contributed by atoms with Crippen molar-refractivity contribution in [1.82, 2.24) is 10.2 Å². The van der Waals surface area contributed by atoms with Crippen LogP contribution in [0.4, 0.5) is 0 Å². The van der Waals surface area contributed by atoms with Crippen LogP contribution in [-0.4, -0.2) is 30.6 Å². The van der Waals surface area contributed by atoms with Crippen molar-refractivity contribution in [3.8, 4) is 0 Å². The van der Waals surface area contributed by atoms with Crippen LogP contribution in [0, 0.1) is 11.8 Å². The normalized spacial score (nSPS) is 30.8. The van der Waals surface area contributed by atoms with Crippen LogP contribution in [0.25, 0.3) is 0 Å². The van der Waals surface area contributed by atoms with Crippen molar-refractivity contribution in [2.45, 2.75) is 25.9 Å². The summed E-state index contributed by atoms with van der Waals surface area (Å²) >= 11 is 12.4. The van der Waals surface area contributed by atoms with E-state index in [9.17, 15) is 0 Å². The maximum Gasteiger partial charge on any atom is 0.0637 e. The third-order valence-corrected chi connectivity index (χ3v) is 5.51. The summed E-state index contributed by atoms with van der Waals surface area (Å²) < 4.78 is 0. The Labute approximate surface area is 125 Å². The van der Waals surface area contributed by atoms with E-state index in [0.29, 0.717) is 16.1 Å². The van der Waals surface area contributed by atoms with Gasteiger partial charge in [0.2, 0.25) is 0 Å². The first kappa shape index (κ1) is 13.7. The first-order valence-electron chi connectivity index (χ1n) is 7.08. The van der Waals surface area contributed by atoms with Crippen LogP contribution < -0.4 is 5.32 Å². The molecule has 0 bridgehead atoms. The van der Waals surface area contributed by atoms with Crippen molar-refractivity contribution in [3.05, 3.63) is 33.8 Å². The first-order chi connectivity index (χ1) is 9.20. The molecule has 19 heavy (non-hydrogen) atoms. The average Bonchev–Trinajstić information content (AvgIpc) is 2.95. The van der Waals surface area contributed by atoms with Gasteiger partial charge in [-0.2, -0.15) is 0 Å². The zero-order valence-corrected chi connectivity index (χ0v) is 12.7. The van der Waals surface area contributed by atoms with E-state index in [1.807, 2.05) is 12.1 Å². The van der Waals surface area contributed by atoms with Crippen LogP contribution in [0.1, 0.15) is 18.9 Å². The summed E-state index contributed by atoms with van der Waals surface area (Å²) in [6, 6.07) is 6.61. The molecule has 0 amide bonds. The Balaban J connectivity index is 1.78. The molecule has 2 aliphatic heterocycles. The van der Waals surface area contributed by atoms with E-state index in [1.165, 1.54) is 26.1 Å². The van der Waals surface area contributed by atoms with Crippen LogP contribution in [0.3, 0.4) is 0 Å². The number of rotatable bonds is 3. The van der Waals surface area contributed by atoms with Crippen molar-refractivity contribution in [2.75, 3.05) is 19.6 Å². The Bertz CT molecular complexity index is 463. The van der Waals surface area contributed by atoms with Crippen LogP contribution in [-0.2, 0) is 6.54 Å². The highest BCUT2D eigenvalue weighted by Crippen LogP contribution is 2.36. The third-order valence-electron chi connectivity index (χ3n) is 4.65. The highest BCUT2D eigenvalue weighted by Gasteiger charge is 2.42. The van der Waals surface area contributed by atoms with E-state index in [0.717, 1.165) is 23.9 Å². The fraction of sp³-hybridized carbons (Fsp3) is 0.600. The minimum absolute atomic E-state index is 0.660. The quantitative estimate of drug-likeness (QED) is 0.920. The zero-order valence-electron chi connectivity index (χ0n) is 11.2. The van der Waals surface area contributed by atoms with Gasteiger partial charge in [0.15, 0.2) is 0 Å². The number of benzene rings is 1. The van der Waals surface area contributed by atoms with Crippen molar-refractivity contribution < 1.29 is 0 Å². The van der Waals surface area contributed by atoms with Gasteiger partial charge >= 0.3 is 0 Å². The van der Waals surface area contributed by atoms with Gasteiger partial charge in [-0.15, -0.1) is 0 Å². The van der Waals surface area contributed by atoms with Gasteiger partial charge in [-0.3, -0.25) is 4.90 Å². The molecule has 0 spiro atoms. The number of hydrogen-bond donors (Lipinski definition) is 1. The van der Waals surface area contributed by atoms with Crippen LogP contribution in [0.5, 0.6) is 0 Å². The summed E-state index contributed by atoms with van der Waals surface area (Å²) in [6.45, 7) is 6.73. The molecule has 0 saturated carbocycles. The van der Waals surface area contributed by atoms with Gasteiger partial charge < -0.3 is 5.32 Å². The van der Waals surface area contributed by atoms with Crippen LogP contribution in [0.2, 0.25) is 10.0 Å². The van der Waals surface area contributed by atoms with E-state index in [2.05, 4.69) is 23.2 Å². The molecule has 2 aliphatic rings. The molecule has 0 radical (unpaired) electrons. The van der Waals surface area contributed by atoms with Gasteiger partial charge in [0.05, 0.1) is 10.0 Å². The lowest BCUT2D eigenvalue weighted by Crippen LogP contribution is -2.34. The molecule has 1 aromatic rings. The second-order valence-electron chi connectivity index (χ2n) is 5.70. The highest BCUT2D eigenvalue weighted by molar-refractivity contribution is 6.42. The van der Waals surface area contributed by atoms with E-state index >= 15 is 0 Å². The molecule has 0 aromatic heterocycles. The molecule has 2 fully saturated rings. The number of nitrogens with one attached hydrogen (secondary N) is 1. The summed E-state index contributed by atoms with van der Waals surface area (Å²) in [6.07, 6.45) is 1.21. The largest absolute Gasteiger partial charge is 0.316 e. The van der Waals surface area contributed by atoms with Gasteiger partial charge in [0, 0.05) is 19.1 Å². The Morgan fingerprint density at radius 1 is 1.32 bits per heavy atom. The summed E-state index contributed by atoms with van der Waals surface area (Å²) in [5.74, 6) is 1.62. The standard InChI is InChI=1S/C15H20Cl2N2/c1-2-14-12-7-18-6-11(12)9-19(14)8-10-4-3-5-13(16)15(10)17/h3-5,11-12,14,18H,2,6-9H2,1H3. The average molecular weight is 299 g/mol. The van der Waals surface area contributed by atoms with Crippen molar-refractivity contribution in [2.24, 2.45) is 11.8 Å². The molecule has 104 valence electrons. The SMILES string of the molecule is CCC1C2CNCC2CN1Cc1cccc(Cl)c1Cl. The predicted octanol–water partition coefficient (Wildman–Crippen LogP) is 3.42. The maximum atomic E-state index is 6.31. The Morgan fingerprint density at radius 3 is 2.95 bits per heavy atom. The zero-order chi connectivity index (χ0) is 13.4. The fourth-order valence-electron chi connectivity index (χ4n) is 3.74. The topological polar surface area (TPSA) is 15.3 Å². The summed E-state index contributed by atoms with van der Waals surface area (Å²) in [5, 5.41) is 4.90. The minimum atomic E-state index is 0.660. The number of nitrogens with zero attached hydrogens (tertiary/aromatic N) is 1. The molecule has 3 atom stereocenters. The second-order valence-corrected chi connectivity index (χ2v) is 6.49. The minimum Gasteiger partial charge on any atom is -0.316 e. The van der Waals surface area contributed by atoms with Crippen LogP contribution >= 0.6 is 23.2 Å². The van der Waals surface area contributed by atoms with Crippen molar-refractivity contribution >= 4 is 23.2 Å². The number of hydrogen-bond acceptors (Lipinski definition) is 2. The Morgan fingerprint density at radius 2 is 2.16 bits per heavy atom. The maximum absolute atomic E-state index is 6.31. The van der Waals surface area contributed by atoms with E-state index in [4.69, 9.17) is 23.2 Å². The van der Waals surface area contributed by atoms with Gasteiger partial charge in [-0.1, -0.05) is 42.3 Å². The molecular weight excluding hydrogens is 279 g/mol. The summed E-state index contributed by atoms with van der Waals surface area (Å²) in [7, 11) is 0. The van der Waals surface area contributed by atoms with Crippen LogP contribution in [0.15, 0.2) is 18.2 Å². The van der Waals surface area contributed by atoms with Gasteiger partial charge in [0.25, 0.3) is 0 Å². The number of likely N-dealkylation sites (tertiary alicyclic amines) is 1. The Hall–Kier alpha value is -0.280. The lowest BCUT2D eigenvalue weighted by molar-refractivity contribution is 0.210. The van der Waals surface area contributed by atoms with E-state index in [1.54, 1.807) is 0 Å². The molecule has 0 aliphatic carbocycles. The highest BCUT2D eigenvalue weighted by atomic mass is 35.5. The number of halogens is 2. The van der Waals surface area contributed by atoms with Gasteiger partial charge in [-0.25, -0.2) is 0 Å². The first-order valence-corrected chi connectivity index (χ1v) is 7.84. The van der Waals surface area contributed by atoms with Gasteiger partial charge in [-0.05, 0) is 43.0 Å². The monoisotopic (exact) mass is 298 g/mol. The Kier molecular flexibility index (Phi) is 4.04. The molecular formula is C15H20Cl2N2. The molecule has 3 rings (SSSR count). The smallest absolute Gasteiger partial charge is 0.0637 e. The molecule has 2 nitrogen and oxygen atoms in total. The third kappa shape index (κ3) is 2.52. The molecule has 1 N–H and O–H groups in total. The second kappa shape index (κ2) is 5.61. The van der Waals surface area contributed by atoms with Gasteiger partial charge in [0.1, 0.15) is 0 Å². The van der Waals surface area contributed by atoms with Crippen molar-refractivity contribution in [3.63, 3.8) is 0 Å². The van der Waals surface area contributed by atoms with E-state index in [-0.39, 0.29) is 0 Å². The molecule has 2 saturated heterocycles. The summed E-state index contributed by atoms with van der Waals surface area (Å²) in [5.41, 5.74) is 1.15. The fourth-order valence-corrected chi connectivity index (χ4v) is 4.12. The molecule has 1 aromatic carbocycles. The van der Waals surface area contributed by atoms with E-state index < -0.39 is 0 Å². The predicted molar refractivity (Wildman–Crippen MR) is 80.8 cm³/mol. The lowest BCUT2D eigenvalue weighted by Gasteiger charge is -2.27. The molecule has 2 heterocycles.